The zero-order valence-electron chi connectivity index (χ0n) is 21.3. The summed E-state index contributed by atoms with van der Waals surface area (Å²) >= 11 is 3.00. The molecule has 1 aromatic carbocycles. The van der Waals surface area contributed by atoms with Gasteiger partial charge in [-0.05, 0) is 55.2 Å². The molecule has 1 aliphatic rings. The van der Waals surface area contributed by atoms with Gasteiger partial charge in [0.15, 0.2) is 0 Å². The van der Waals surface area contributed by atoms with Crippen molar-refractivity contribution in [1.82, 2.24) is 4.98 Å². The van der Waals surface area contributed by atoms with E-state index >= 15 is 0 Å². The number of benzene rings is 1. The Balaban J connectivity index is 1.63. The molecule has 0 saturated carbocycles. The minimum absolute atomic E-state index is 0.207. The maximum absolute atomic E-state index is 12.9. The lowest BCUT2D eigenvalue weighted by molar-refractivity contribution is 0.0526. The van der Waals surface area contributed by atoms with Crippen LogP contribution >= 0.6 is 22.7 Å². The summed E-state index contributed by atoms with van der Waals surface area (Å²) in [6.07, 6.45) is 4.50. The molecule has 0 bridgehead atoms. The van der Waals surface area contributed by atoms with Gasteiger partial charge in [0.05, 0.1) is 25.0 Å². The number of hydrogen-bond donors (Lipinski definition) is 1. The highest BCUT2D eigenvalue weighted by atomic mass is 32.1. The molecule has 0 fully saturated rings. The first-order chi connectivity index (χ1) is 17.2. The summed E-state index contributed by atoms with van der Waals surface area (Å²) in [5.74, 6) is 0.997. The van der Waals surface area contributed by atoms with Crippen LogP contribution in [0.4, 0.5) is 5.00 Å². The van der Waals surface area contributed by atoms with Gasteiger partial charge in [0, 0.05) is 22.0 Å². The van der Waals surface area contributed by atoms with Crippen LogP contribution in [0.1, 0.15) is 59.9 Å². The molecule has 0 radical (unpaired) electrons. The molecule has 1 unspecified atom stereocenters. The molecule has 0 amide bonds. The van der Waals surface area contributed by atoms with Gasteiger partial charge in [-0.2, -0.15) is 5.26 Å². The number of thiazole rings is 1. The van der Waals surface area contributed by atoms with E-state index in [1.54, 1.807) is 24.6 Å². The number of ether oxygens (including phenoxy) is 2. The predicted molar refractivity (Wildman–Crippen MR) is 147 cm³/mol. The molecule has 36 heavy (non-hydrogen) atoms. The Bertz CT molecular complexity index is 1320. The maximum atomic E-state index is 12.9. The molecule has 1 atom stereocenters. The van der Waals surface area contributed by atoms with Crippen molar-refractivity contribution in [2.75, 3.05) is 19.0 Å². The number of nitriles is 1. The summed E-state index contributed by atoms with van der Waals surface area (Å²) in [6, 6.07) is 9.92. The third kappa shape index (κ3) is 5.48. The van der Waals surface area contributed by atoms with E-state index in [1.807, 2.05) is 36.6 Å². The molecule has 8 heteroatoms. The zero-order valence-corrected chi connectivity index (χ0v) is 22.9. The van der Waals surface area contributed by atoms with Crippen molar-refractivity contribution in [1.29, 1.82) is 5.26 Å². The Morgan fingerprint density at radius 1 is 1.36 bits per heavy atom. The van der Waals surface area contributed by atoms with Crippen LogP contribution in [0.15, 0.2) is 35.8 Å². The van der Waals surface area contributed by atoms with Crippen LogP contribution in [0.5, 0.6) is 5.75 Å². The van der Waals surface area contributed by atoms with Crippen LogP contribution in [-0.2, 0) is 17.6 Å². The van der Waals surface area contributed by atoms with Gasteiger partial charge in [-0.3, -0.25) is 0 Å². The molecule has 1 aliphatic carbocycles. The highest BCUT2D eigenvalue weighted by molar-refractivity contribution is 7.16. The SMILES string of the molecule is CCOC(=O)c1c(N/C=C(/C#N)c2nc(-c3cccc(OC)c3)cs2)sc2c1CCC(C(C)(C)C)C2. The number of carbonyl (C=O) groups is 1. The van der Waals surface area contributed by atoms with Gasteiger partial charge in [-0.1, -0.05) is 32.9 Å². The Morgan fingerprint density at radius 2 is 2.17 bits per heavy atom. The third-order valence-electron chi connectivity index (χ3n) is 6.54. The number of esters is 1. The normalized spacial score (nSPS) is 15.7. The lowest BCUT2D eigenvalue weighted by atomic mass is 9.72. The van der Waals surface area contributed by atoms with Crippen molar-refractivity contribution in [3.63, 3.8) is 0 Å². The van der Waals surface area contributed by atoms with E-state index in [-0.39, 0.29) is 11.4 Å². The van der Waals surface area contributed by atoms with E-state index < -0.39 is 0 Å². The van der Waals surface area contributed by atoms with Crippen LogP contribution in [0.3, 0.4) is 0 Å². The number of aromatic nitrogens is 1. The summed E-state index contributed by atoms with van der Waals surface area (Å²) in [4.78, 5) is 18.8. The first-order valence-electron chi connectivity index (χ1n) is 12.0. The standard InChI is InChI=1S/C28H31N3O3S2/c1-6-34-27(32)24-21-11-10-19(28(2,3)4)13-23(21)36-26(24)30-15-18(14-29)25-31-22(16-35-25)17-8-7-9-20(12-17)33-5/h7-9,12,15-16,19,30H,6,10-11,13H2,1-5H3/b18-15-. The van der Waals surface area contributed by atoms with Crippen LogP contribution < -0.4 is 10.1 Å². The monoisotopic (exact) mass is 521 g/mol. The summed E-state index contributed by atoms with van der Waals surface area (Å²) in [6.45, 7) is 8.96. The Kier molecular flexibility index (Phi) is 7.82. The molecular formula is C28H31N3O3S2. The third-order valence-corrected chi connectivity index (χ3v) is 8.60. The van der Waals surface area contributed by atoms with Gasteiger partial charge >= 0.3 is 5.97 Å². The fourth-order valence-corrected chi connectivity index (χ4v) is 6.52. The van der Waals surface area contributed by atoms with Crippen molar-refractivity contribution < 1.29 is 14.3 Å². The predicted octanol–water partition coefficient (Wildman–Crippen LogP) is 7.18. The average Bonchev–Trinajstić information content (AvgIpc) is 3.49. The molecule has 188 valence electrons. The van der Waals surface area contributed by atoms with E-state index in [0.29, 0.717) is 28.7 Å². The van der Waals surface area contributed by atoms with Crippen LogP contribution in [0.2, 0.25) is 0 Å². The Morgan fingerprint density at radius 3 is 2.86 bits per heavy atom. The second-order valence-corrected chi connectivity index (χ2v) is 11.8. The fourth-order valence-electron chi connectivity index (χ4n) is 4.44. The Hall–Kier alpha value is -3.15. The van der Waals surface area contributed by atoms with Gasteiger partial charge in [0.2, 0.25) is 0 Å². The minimum atomic E-state index is -0.312. The van der Waals surface area contributed by atoms with E-state index in [2.05, 4.69) is 37.1 Å². The van der Waals surface area contributed by atoms with E-state index in [4.69, 9.17) is 9.47 Å². The molecule has 0 spiro atoms. The number of anilines is 1. The highest BCUT2D eigenvalue weighted by Gasteiger charge is 2.34. The molecule has 2 aromatic heterocycles. The van der Waals surface area contributed by atoms with E-state index in [1.165, 1.54) is 16.2 Å². The molecular weight excluding hydrogens is 490 g/mol. The summed E-state index contributed by atoms with van der Waals surface area (Å²) in [5, 5.41) is 16.4. The van der Waals surface area contributed by atoms with Gasteiger partial charge in [0.25, 0.3) is 0 Å². The molecule has 1 N–H and O–H groups in total. The zero-order chi connectivity index (χ0) is 25.9. The smallest absolute Gasteiger partial charge is 0.341 e. The Labute approximate surface area is 220 Å². The first kappa shape index (κ1) is 25.9. The molecule has 4 rings (SSSR count). The van der Waals surface area contributed by atoms with Crippen molar-refractivity contribution in [3.8, 4) is 23.1 Å². The largest absolute Gasteiger partial charge is 0.497 e. The number of carbonyl (C=O) groups excluding carboxylic acids is 1. The van der Waals surface area contributed by atoms with Crippen LogP contribution in [0.25, 0.3) is 16.8 Å². The van der Waals surface area contributed by atoms with E-state index in [0.717, 1.165) is 46.8 Å². The number of nitrogens with zero attached hydrogens (tertiary/aromatic N) is 2. The van der Waals surface area contributed by atoms with Crippen molar-refractivity contribution in [3.05, 3.63) is 56.9 Å². The highest BCUT2D eigenvalue weighted by Crippen LogP contribution is 2.44. The average molecular weight is 522 g/mol. The second-order valence-electron chi connectivity index (χ2n) is 9.82. The number of methoxy groups -OCH3 is 1. The topological polar surface area (TPSA) is 84.2 Å². The number of hydrogen-bond acceptors (Lipinski definition) is 8. The number of allylic oxidation sites excluding steroid dienone is 1. The van der Waals surface area contributed by atoms with Crippen molar-refractivity contribution in [2.45, 2.75) is 47.0 Å². The van der Waals surface area contributed by atoms with E-state index in [9.17, 15) is 10.1 Å². The van der Waals surface area contributed by atoms with Crippen LogP contribution in [-0.4, -0.2) is 24.7 Å². The minimum Gasteiger partial charge on any atom is -0.497 e. The summed E-state index contributed by atoms with van der Waals surface area (Å²) in [7, 11) is 1.63. The molecule has 2 heterocycles. The molecule has 6 nitrogen and oxygen atoms in total. The van der Waals surface area contributed by atoms with Gasteiger partial charge in [-0.25, -0.2) is 9.78 Å². The number of thiophene rings is 1. The lowest BCUT2D eigenvalue weighted by Gasteiger charge is -2.33. The van der Waals surface area contributed by atoms with Crippen molar-refractivity contribution in [2.24, 2.45) is 11.3 Å². The number of fused-ring (bicyclic) bond motifs is 1. The van der Waals surface area contributed by atoms with Gasteiger partial charge in [0.1, 0.15) is 27.4 Å². The second kappa shape index (κ2) is 10.9. The molecule has 0 saturated heterocycles. The summed E-state index contributed by atoms with van der Waals surface area (Å²) in [5.41, 5.74) is 4.01. The lowest BCUT2D eigenvalue weighted by Crippen LogP contribution is -2.26. The maximum Gasteiger partial charge on any atom is 0.341 e. The van der Waals surface area contributed by atoms with Gasteiger partial charge in [-0.15, -0.1) is 22.7 Å². The first-order valence-corrected chi connectivity index (χ1v) is 13.7. The molecule has 3 aromatic rings. The fraction of sp³-hybridized carbons (Fsp3) is 0.393. The number of rotatable bonds is 7. The van der Waals surface area contributed by atoms with Crippen molar-refractivity contribution >= 4 is 39.2 Å². The molecule has 0 aliphatic heterocycles. The van der Waals surface area contributed by atoms with Gasteiger partial charge < -0.3 is 14.8 Å². The number of nitrogens with one attached hydrogen (secondary N) is 1. The quantitative estimate of drug-likeness (QED) is 0.262. The summed E-state index contributed by atoms with van der Waals surface area (Å²) < 4.78 is 10.7. The van der Waals surface area contributed by atoms with Crippen LogP contribution in [0, 0.1) is 22.7 Å².